The van der Waals surface area contributed by atoms with Gasteiger partial charge in [-0.25, -0.2) is 4.79 Å². The van der Waals surface area contributed by atoms with E-state index in [4.69, 9.17) is 15.9 Å². The summed E-state index contributed by atoms with van der Waals surface area (Å²) in [6, 6.07) is 5.65. The molecule has 1 unspecified atom stereocenters. The van der Waals surface area contributed by atoms with Crippen molar-refractivity contribution in [3.8, 4) is 0 Å². The van der Waals surface area contributed by atoms with Gasteiger partial charge in [0.1, 0.15) is 11.9 Å². The van der Waals surface area contributed by atoms with Crippen molar-refractivity contribution in [1.29, 1.82) is 0 Å². The first-order chi connectivity index (χ1) is 15.2. The number of nitrogens with two attached hydrogens (primary N) is 1. The van der Waals surface area contributed by atoms with Crippen molar-refractivity contribution < 1.29 is 24.6 Å². The molecule has 1 amide bonds. The third-order valence-electron chi connectivity index (χ3n) is 5.31. The van der Waals surface area contributed by atoms with Crippen LogP contribution in [0.2, 0.25) is 0 Å². The van der Waals surface area contributed by atoms with Crippen LogP contribution in [-0.4, -0.2) is 50.1 Å². The number of nitrogens with zero attached hydrogens (tertiary/aromatic N) is 1. The summed E-state index contributed by atoms with van der Waals surface area (Å²) < 4.78 is 0. The summed E-state index contributed by atoms with van der Waals surface area (Å²) in [6.07, 6.45) is 2.47. The SMILES string of the molecule is Nc1nc2c(c(=O)[nH]1)CC(CCCc1ccc(C(=O)N[C@@H](CCC(=O)O)C(=O)O)cc1)N2. The Labute approximate surface area is 183 Å². The Morgan fingerprint density at radius 1 is 1.22 bits per heavy atom. The second-order valence-electron chi connectivity index (χ2n) is 7.71. The highest BCUT2D eigenvalue weighted by molar-refractivity contribution is 5.96. The average Bonchev–Trinajstić information content (AvgIpc) is 3.14. The highest BCUT2D eigenvalue weighted by atomic mass is 16.4. The highest BCUT2D eigenvalue weighted by Gasteiger charge is 2.25. The molecule has 11 nitrogen and oxygen atoms in total. The van der Waals surface area contributed by atoms with Gasteiger partial charge in [-0.05, 0) is 43.4 Å². The molecule has 0 saturated carbocycles. The summed E-state index contributed by atoms with van der Waals surface area (Å²) in [5.74, 6) is -2.35. The lowest BCUT2D eigenvalue weighted by Crippen LogP contribution is -2.41. The minimum atomic E-state index is -1.28. The third-order valence-corrected chi connectivity index (χ3v) is 5.31. The minimum Gasteiger partial charge on any atom is -0.481 e. The number of aliphatic carboxylic acids is 2. The summed E-state index contributed by atoms with van der Waals surface area (Å²) >= 11 is 0. The molecule has 32 heavy (non-hydrogen) atoms. The number of nitrogens with one attached hydrogen (secondary N) is 3. The number of hydrogen-bond acceptors (Lipinski definition) is 7. The zero-order chi connectivity index (χ0) is 23.3. The number of aryl methyl sites for hydroxylation is 1. The van der Waals surface area contributed by atoms with Gasteiger partial charge in [0.15, 0.2) is 0 Å². The van der Waals surface area contributed by atoms with E-state index in [0.717, 1.165) is 24.8 Å². The molecular weight excluding hydrogens is 418 g/mol. The molecule has 0 radical (unpaired) electrons. The summed E-state index contributed by atoms with van der Waals surface area (Å²) in [7, 11) is 0. The Bertz CT molecular complexity index is 1070. The first-order valence-electron chi connectivity index (χ1n) is 10.2. The molecule has 2 atom stereocenters. The number of fused-ring (bicyclic) bond motifs is 1. The molecule has 1 aliphatic heterocycles. The van der Waals surface area contributed by atoms with Gasteiger partial charge in [0, 0.05) is 24.4 Å². The quantitative estimate of drug-likeness (QED) is 0.308. The van der Waals surface area contributed by atoms with E-state index in [1.165, 1.54) is 0 Å². The van der Waals surface area contributed by atoms with Crippen LogP contribution in [0.5, 0.6) is 0 Å². The van der Waals surface area contributed by atoms with Crippen molar-refractivity contribution in [1.82, 2.24) is 15.3 Å². The van der Waals surface area contributed by atoms with E-state index in [0.29, 0.717) is 23.4 Å². The average molecular weight is 443 g/mol. The van der Waals surface area contributed by atoms with E-state index < -0.39 is 23.9 Å². The molecule has 3 rings (SSSR count). The van der Waals surface area contributed by atoms with Crippen LogP contribution in [0.1, 0.15) is 47.2 Å². The van der Waals surface area contributed by atoms with Crippen LogP contribution in [-0.2, 0) is 22.4 Å². The van der Waals surface area contributed by atoms with Crippen molar-refractivity contribution >= 4 is 29.6 Å². The second-order valence-corrected chi connectivity index (χ2v) is 7.71. The largest absolute Gasteiger partial charge is 0.481 e. The lowest BCUT2D eigenvalue weighted by molar-refractivity contribution is -0.140. The van der Waals surface area contributed by atoms with Gasteiger partial charge >= 0.3 is 11.9 Å². The second kappa shape index (κ2) is 9.94. The molecule has 0 fully saturated rings. The number of amides is 1. The molecule has 170 valence electrons. The van der Waals surface area contributed by atoms with Crippen LogP contribution < -0.4 is 21.9 Å². The molecule has 0 aliphatic carbocycles. The molecule has 11 heteroatoms. The van der Waals surface area contributed by atoms with Gasteiger partial charge < -0.3 is 26.6 Å². The Hall–Kier alpha value is -3.89. The maximum atomic E-state index is 12.3. The van der Waals surface area contributed by atoms with E-state index in [2.05, 4.69) is 20.6 Å². The van der Waals surface area contributed by atoms with Crippen molar-refractivity contribution in [2.45, 2.75) is 50.6 Å². The molecule has 0 bridgehead atoms. The highest BCUT2D eigenvalue weighted by Crippen LogP contribution is 2.23. The van der Waals surface area contributed by atoms with Crippen LogP contribution in [0.15, 0.2) is 29.1 Å². The lowest BCUT2D eigenvalue weighted by Gasteiger charge is -2.14. The topological polar surface area (TPSA) is 187 Å². The number of carboxylic acid groups (broad SMARTS) is 2. The number of carboxylic acids is 2. The van der Waals surface area contributed by atoms with Crippen LogP contribution >= 0.6 is 0 Å². The van der Waals surface area contributed by atoms with Crippen LogP contribution in [0.25, 0.3) is 0 Å². The summed E-state index contributed by atoms with van der Waals surface area (Å²) in [6.45, 7) is 0. The van der Waals surface area contributed by atoms with E-state index in [9.17, 15) is 19.2 Å². The Morgan fingerprint density at radius 2 is 1.94 bits per heavy atom. The standard InChI is InChI=1S/C21H25N5O6/c22-21-25-17-14(19(30)26-21)10-13(23-17)3-1-2-11-4-6-12(7-5-11)18(29)24-15(20(31)32)8-9-16(27)28/h4-7,13,15H,1-3,8-10H2,(H,24,29)(H,27,28)(H,31,32)(H4,22,23,25,26,30)/t13?,15-/m0/s1. The zero-order valence-electron chi connectivity index (χ0n) is 17.3. The first-order valence-corrected chi connectivity index (χ1v) is 10.2. The Morgan fingerprint density at radius 3 is 2.59 bits per heavy atom. The van der Waals surface area contributed by atoms with E-state index in [-0.39, 0.29) is 30.4 Å². The van der Waals surface area contributed by atoms with Crippen molar-refractivity contribution in [3.63, 3.8) is 0 Å². The smallest absolute Gasteiger partial charge is 0.326 e. The molecule has 1 aliphatic rings. The number of nitrogen functional groups attached to an aromatic ring is 1. The fourth-order valence-electron chi connectivity index (χ4n) is 3.63. The van der Waals surface area contributed by atoms with E-state index >= 15 is 0 Å². The fraction of sp³-hybridized carbons (Fsp3) is 0.381. The molecule has 1 aromatic carbocycles. The maximum Gasteiger partial charge on any atom is 0.326 e. The van der Waals surface area contributed by atoms with Gasteiger partial charge in [0.05, 0.1) is 5.56 Å². The molecule has 2 aromatic rings. The van der Waals surface area contributed by atoms with Gasteiger partial charge in [0.25, 0.3) is 11.5 Å². The van der Waals surface area contributed by atoms with Crippen molar-refractivity contribution in [2.24, 2.45) is 0 Å². The zero-order valence-corrected chi connectivity index (χ0v) is 17.3. The van der Waals surface area contributed by atoms with Crippen LogP contribution in [0, 0.1) is 0 Å². The Balaban J connectivity index is 1.48. The molecule has 1 aromatic heterocycles. The lowest BCUT2D eigenvalue weighted by atomic mass is 10.0. The third kappa shape index (κ3) is 5.84. The summed E-state index contributed by atoms with van der Waals surface area (Å²) in [4.78, 5) is 52.7. The number of carbonyl (C=O) groups is 3. The van der Waals surface area contributed by atoms with Gasteiger partial charge in [-0.2, -0.15) is 4.98 Å². The van der Waals surface area contributed by atoms with Crippen molar-refractivity contribution in [3.05, 3.63) is 51.3 Å². The predicted molar refractivity (Wildman–Crippen MR) is 116 cm³/mol. The first kappa shape index (κ1) is 22.8. The minimum absolute atomic E-state index is 0.0857. The number of carbonyl (C=O) groups excluding carboxylic acids is 1. The fourth-order valence-corrected chi connectivity index (χ4v) is 3.63. The van der Waals surface area contributed by atoms with Crippen molar-refractivity contribution in [2.75, 3.05) is 11.1 Å². The number of aromatic amines is 1. The van der Waals surface area contributed by atoms with Gasteiger partial charge in [-0.15, -0.1) is 0 Å². The van der Waals surface area contributed by atoms with E-state index in [1.54, 1.807) is 24.3 Å². The van der Waals surface area contributed by atoms with Gasteiger partial charge in [0.2, 0.25) is 5.95 Å². The van der Waals surface area contributed by atoms with Gasteiger partial charge in [-0.1, -0.05) is 12.1 Å². The number of H-pyrrole nitrogens is 1. The number of hydrogen-bond donors (Lipinski definition) is 6. The maximum absolute atomic E-state index is 12.3. The Kier molecular flexibility index (Phi) is 7.08. The number of rotatable bonds is 10. The number of anilines is 2. The number of aromatic nitrogens is 2. The monoisotopic (exact) mass is 443 g/mol. The normalized spacial score (nSPS) is 15.4. The molecule has 7 N–H and O–H groups in total. The molecule has 0 spiro atoms. The summed E-state index contributed by atoms with van der Waals surface area (Å²) in [5.41, 5.74) is 7.27. The predicted octanol–water partition coefficient (Wildman–Crippen LogP) is 0.759. The van der Waals surface area contributed by atoms with E-state index in [1.807, 2.05) is 0 Å². The number of benzene rings is 1. The van der Waals surface area contributed by atoms with Gasteiger partial charge in [-0.3, -0.25) is 19.4 Å². The molecule has 0 saturated heterocycles. The molecule has 2 heterocycles. The van der Waals surface area contributed by atoms with Crippen LogP contribution in [0.3, 0.4) is 0 Å². The molecular formula is C21H25N5O6. The van der Waals surface area contributed by atoms with Crippen LogP contribution in [0.4, 0.5) is 11.8 Å². The summed E-state index contributed by atoms with van der Waals surface area (Å²) in [5, 5.41) is 23.4.